The average Bonchev–Trinajstić information content (AvgIpc) is 3.28. The van der Waals surface area contributed by atoms with Gasteiger partial charge in [-0.25, -0.2) is 4.79 Å². The molecule has 2 unspecified atom stereocenters. The third-order valence-corrected chi connectivity index (χ3v) is 15.1. The van der Waals surface area contributed by atoms with Crippen LogP contribution in [0, 0.1) is 35.5 Å². The number of Topliss-reactive ketones (excluding diaryl/α,β-unsaturated/α-hetero) is 3. The van der Waals surface area contributed by atoms with Crippen molar-refractivity contribution in [2.24, 2.45) is 35.5 Å². The average molecular weight is 918 g/mol. The summed E-state index contributed by atoms with van der Waals surface area (Å²) in [4.78, 5) is 71.9. The molecule has 370 valence electrons. The SMILES string of the molecule is COC1C[C@@H]2CC[C@@H](C)[C@@](O)(O2)C(=O)C(=O)N2CCCC[C@H]2C(=O)O[C@H]([C@H](C)C[C@@H]2CC[C@H](O)[C@H](OC)C2)CC(=O)[C@H](C)/C=C(\C)[C@@H](O)C(OC)C(=O)[C@H](C)C[C@H](C)CCCC/C=C/1C. The number of carbonyl (C=O) groups excluding carboxylic acids is 5. The van der Waals surface area contributed by atoms with Crippen LogP contribution >= 0.6 is 0 Å². The number of fused-ring (bicyclic) bond motifs is 3. The molecule has 4 rings (SSSR count). The van der Waals surface area contributed by atoms with Crippen LogP contribution in [-0.2, 0) is 47.7 Å². The van der Waals surface area contributed by atoms with Gasteiger partial charge in [-0.2, -0.15) is 0 Å². The second kappa shape index (κ2) is 25.5. The number of rotatable bonds is 6. The number of nitrogens with zero attached hydrogens (tertiary/aromatic N) is 1. The summed E-state index contributed by atoms with van der Waals surface area (Å²) in [6.45, 7) is 13.1. The number of aliphatic hydroxyl groups is 3. The largest absolute Gasteiger partial charge is 0.460 e. The topological polar surface area (TPSA) is 195 Å². The van der Waals surface area contributed by atoms with Crippen LogP contribution in [0.4, 0.5) is 0 Å². The van der Waals surface area contributed by atoms with Crippen LogP contribution in [0.2, 0.25) is 0 Å². The van der Waals surface area contributed by atoms with Crippen molar-refractivity contribution < 1.29 is 63.0 Å². The second-order valence-corrected chi connectivity index (χ2v) is 20.3. The van der Waals surface area contributed by atoms with E-state index in [2.05, 4.69) is 13.0 Å². The Labute approximate surface area is 388 Å². The molecule has 0 spiro atoms. The zero-order valence-electron chi connectivity index (χ0n) is 41.1. The number of hydrogen-bond donors (Lipinski definition) is 3. The van der Waals surface area contributed by atoms with Crippen molar-refractivity contribution in [2.75, 3.05) is 27.9 Å². The van der Waals surface area contributed by atoms with E-state index in [1.807, 2.05) is 20.8 Å². The summed E-state index contributed by atoms with van der Waals surface area (Å²) in [7, 11) is 4.59. The normalized spacial score (nSPS) is 39.9. The number of cyclic esters (lactones) is 1. The Hall–Kier alpha value is -2.85. The molecule has 1 amide bonds. The highest BCUT2D eigenvalue weighted by atomic mass is 16.6. The molecule has 14 heteroatoms. The maximum absolute atomic E-state index is 14.4. The number of carbonyl (C=O) groups is 5. The van der Waals surface area contributed by atoms with E-state index < -0.39 is 71.8 Å². The van der Waals surface area contributed by atoms with Crippen molar-refractivity contribution in [1.82, 2.24) is 4.90 Å². The monoisotopic (exact) mass is 918 g/mol. The minimum Gasteiger partial charge on any atom is -0.460 e. The highest BCUT2D eigenvalue weighted by Crippen LogP contribution is 2.38. The fourth-order valence-corrected chi connectivity index (χ4v) is 10.7. The lowest BCUT2D eigenvalue weighted by Gasteiger charge is -2.42. The molecule has 0 radical (unpaired) electrons. The minimum atomic E-state index is -2.40. The lowest BCUT2D eigenvalue weighted by Crippen LogP contribution is -2.61. The summed E-state index contributed by atoms with van der Waals surface area (Å²) in [5.74, 6) is -7.47. The first-order chi connectivity index (χ1) is 30.7. The quantitative estimate of drug-likeness (QED) is 0.146. The Balaban J connectivity index is 1.67. The molecule has 2 saturated heterocycles. The van der Waals surface area contributed by atoms with Crippen LogP contribution < -0.4 is 0 Å². The number of esters is 1. The van der Waals surface area contributed by atoms with Gasteiger partial charge in [0.05, 0.1) is 24.4 Å². The Kier molecular flexibility index (Phi) is 21.5. The molecule has 2 bridgehead atoms. The van der Waals surface area contributed by atoms with E-state index in [0.29, 0.717) is 63.4 Å². The smallest absolute Gasteiger partial charge is 0.329 e. The minimum absolute atomic E-state index is 0.0992. The van der Waals surface area contributed by atoms with Gasteiger partial charge in [-0.1, -0.05) is 59.6 Å². The van der Waals surface area contributed by atoms with Gasteiger partial charge in [0.15, 0.2) is 5.78 Å². The van der Waals surface area contributed by atoms with Gasteiger partial charge in [-0.15, -0.1) is 0 Å². The van der Waals surface area contributed by atoms with E-state index in [1.165, 1.54) is 12.0 Å². The summed E-state index contributed by atoms with van der Waals surface area (Å²) in [6.07, 6.45) is 7.89. The van der Waals surface area contributed by atoms with Gasteiger partial charge >= 0.3 is 5.97 Å². The number of ketones is 3. The molecule has 3 heterocycles. The van der Waals surface area contributed by atoms with Crippen LogP contribution in [0.1, 0.15) is 151 Å². The number of ether oxygens (including phenoxy) is 5. The number of methoxy groups -OCH3 is 3. The fraction of sp³-hybridized carbons (Fsp3) is 0.824. The van der Waals surface area contributed by atoms with Crippen molar-refractivity contribution in [3.63, 3.8) is 0 Å². The van der Waals surface area contributed by atoms with Gasteiger partial charge in [-0.3, -0.25) is 19.2 Å². The maximum atomic E-state index is 14.4. The zero-order chi connectivity index (χ0) is 48.2. The summed E-state index contributed by atoms with van der Waals surface area (Å²) >= 11 is 0. The summed E-state index contributed by atoms with van der Waals surface area (Å²) in [6, 6.07) is -1.13. The molecule has 3 fully saturated rings. The standard InChI is InChI=1S/C51H83NO13/c1-30-16-12-11-13-17-31(2)42(61-8)28-38-21-19-36(7)51(60,65-38)48(57)49(58)52-23-15-14-18-39(52)50(59)64-43(33(4)26-37-20-22-40(53)44(27-37)62-9)29-41(54)32(3)25-35(6)46(56)47(63-10)45(55)34(5)24-30/h17,25,30,32-34,36-40,42-44,46-47,53,56,60H,11-16,18-24,26-29H2,1-10H3/b31-17+,35-25+/t30-,32-,33-,34-,36-,37+,38+,39+,40+,42?,43+,44-,46-,47?,51-/m1/s1. The van der Waals surface area contributed by atoms with Crippen molar-refractivity contribution in [3.05, 3.63) is 23.3 Å². The molecule has 0 aromatic rings. The zero-order valence-corrected chi connectivity index (χ0v) is 41.1. The molecule has 4 aliphatic rings. The summed E-state index contributed by atoms with van der Waals surface area (Å²) in [5.41, 5.74) is 1.41. The molecule has 3 N–H and O–H groups in total. The van der Waals surface area contributed by atoms with Crippen molar-refractivity contribution in [3.8, 4) is 0 Å². The van der Waals surface area contributed by atoms with Crippen LogP contribution in [-0.4, -0.2) is 132 Å². The molecule has 65 heavy (non-hydrogen) atoms. The molecule has 0 aromatic carbocycles. The molecular weight excluding hydrogens is 835 g/mol. The van der Waals surface area contributed by atoms with Crippen LogP contribution in [0.3, 0.4) is 0 Å². The lowest BCUT2D eigenvalue weighted by atomic mass is 9.78. The van der Waals surface area contributed by atoms with Gasteiger partial charge in [0.2, 0.25) is 5.79 Å². The summed E-state index contributed by atoms with van der Waals surface area (Å²) < 4.78 is 29.5. The second-order valence-electron chi connectivity index (χ2n) is 20.3. The highest BCUT2D eigenvalue weighted by molar-refractivity contribution is 6.39. The van der Waals surface area contributed by atoms with Crippen LogP contribution in [0.25, 0.3) is 0 Å². The first-order valence-corrected chi connectivity index (χ1v) is 24.6. The Morgan fingerprint density at radius 2 is 1.54 bits per heavy atom. The summed E-state index contributed by atoms with van der Waals surface area (Å²) in [5, 5.41) is 33.9. The molecule has 15 atom stereocenters. The third-order valence-electron chi connectivity index (χ3n) is 15.1. The van der Waals surface area contributed by atoms with Crippen LogP contribution in [0.5, 0.6) is 0 Å². The van der Waals surface area contributed by atoms with Crippen LogP contribution in [0.15, 0.2) is 23.3 Å². The first-order valence-electron chi connectivity index (χ1n) is 24.6. The van der Waals surface area contributed by atoms with Gasteiger partial charge in [0.25, 0.3) is 11.7 Å². The number of piperidine rings is 1. The Morgan fingerprint density at radius 1 is 0.831 bits per heavy atom. The number of hydrogen-bond acceptors (Lipinski definition) is 13. The van der Waals surface area contributed by atoms with Gasteiger partial charge in [-0.05, 0) is 120 Å². The molecule has 0 aromatic heterocycles. The Bertz CT molecular complexity index is 1660. The molecule has 3 aliphatic heterocycles. The fourth-order valence-electron chi connectivity index (χ4n) is 10.7. The van der Waals surface area contributed by atoms with E-state index in [0.717, 1.165) is 37.7 Å². The van der Waals surface area contributed by atoms with Gasteiger partial charge in [0, 0.05) is 58.5 Å². The maximum Gasteiger partial charge on any atom is 0.329 e. The molecule has 14 nitrogen and oxygen atoms in total. The van der Waals surface area contributed by atoms with E-state index in [4.69, 9.17) is 23.7 Å². The number of amides is 1. The predicted molar refractivity (Wildman–Crippen MR) is 245 cm³/mol. The molecular formula is C51H83NO13. The first kappa shape index (κ1) is 54.8. The number of allylic oxidation sites excluding steroid dienone is 2. The highest BCUT2D eigenvalue weighted by Gasteiger charge is 2.53. The van der Waals surface area contributed by atoms with Gasteiger partial charge in [0.1, 0.15) is 30.1 Å². The molecule has 1 aliphatic carbocycles. The molecule has 1 saturated carbocycles. The predicted octanol–water partition coefficient (Wildman–Crippen LogP) is 6.63. The number of aliphatic hydroxyl groups excluding tert-OH is 2. The van der Waals surface area contributed by atoms with E-state index in [-0.39, 0.29) is 66.8 Å². The van der Waals surface area contributed by atoms with Crippen molar-refractivity contribution in [2.45, 2.75) is 206 Å². The van der Waals surface area contributed by atoms with Crippen molar-refractivity contribution >= 4 is 29.2 Å². The van der Waals surface area contributed by atoms with Crippen molar-refractivity contribution in [1.29, 1.82) is 0 Å². The lowest BCUT2D eigenvalue weighted by molar-refractivity contribution is -0.265. The van der Waals surface area contributed by atoms with Gasteiger partial charge < -0.3 is 43.9 Å². The van der Waals surface area contributed by atoms with E-state index in [9.17, 15) is 39.3 Å². The third kappa shape index (κ3) is 14.6. The van der Waals surface area contributed by atoms with E-state index >= 15 is 0 Å². The Morgan fingerprint density at radius 3 is 2.22 bits per heavy atom. The van der Waals surface area contributed by atoms with E-state index in [1.54, 1.807) is 41.1 Å².